The molecule has 2 heterocycles. The molecule has 2 aliphatic carbocycles. The van der Waals surface area contributed by atoms with Crippen molar-refractivity contribution in [2.75, 3.05) is 13.2 Å². The summed E-state index contributed by atoms with van der Waals surface area (Å²) in [6.45, 7) is -0.383. The first-order chi connectivity index (χ1) is 34.0. The van der Waals surface area contributed by atoms with Gasteiger partial charge in [-0.1, -0.05) is 58.5 Å². The number of nitrogens with two attached hydrogens (primary N) is 1. The molecular weight excluding hydrogens is 1040 g/mol. The van der Waals surface area contributed by atoms with Crippen LogP contribution in [0.15, 0.2) is 97.1 Å². The summed E-state index contributed by atoms with van der Waals surface area (Å²) in [6, 6.07) is 25.2. The van der Waals surface area contributed by atoms with E-state index < -0.39 is 29.7 Å². The molecule has 24 heteroatoms. The number of hydrogen-bond acceptors (Lipinski definition) is 10. The van der Waals surface area contributed by atoms with Crippen molar-refractivity contribution in [2.45, 2.75) is 68.9 Å². The lowest BCUT2D eigenvalue weighted by Gasteiger charge is -2.15. The molecule has 0 saturated heterocycles. The molecule has 8 rings (SSSR count). The van der Waals surface area contributed by atoms with Crippen LogP contribution in [-0.2, 0) is 14.4 Å². The van der Waals surface area contributed by atoms with Crippen molar-refractivity contribution in [3.63, 3.8) is 0 Å². The minimum Gasteiger partial charge on any atom is -0.484 e. The molecule has 72 heavy (non-hydrogen) atoms. The second-order valence-corrected chi connectivity index (χ2v) is 17.7. The summed E-state index contributed by atoms with van der Waals surface area (Å²) < 4.78 is 68.8. The van der Waals surface area contributed by atoms with E-state index >= 15 is 0 Å². The van der Waals surface area contributed by atoms with E-state index in [9.17, 15) is 41.1 Å². The molecular formula is C48H43Cl4F5N6O9. The number of carboxylic acid groups (broad SMARTS) is 2. The number of nitrogens with zero attached hydrogens (tertiary/aromatic N) is 2. The van der Waals surface area contributed by atoms with Crippen LogP contribution in [0.1, 0.15) is 59.5 Å². The lowest BCUT2D eigenvalue weighted by Crippen LogP contribution is -2.39. The summed E-state index contributed by atoms with van der Waals surface area (Å²) in [7, 11) is 0. The van der Waals surface area contributed by atoms with Crippen LogP contribution in [0.5, 0.6) is 11.5 Å². The summed E-state index contributed by atoms with van der Waals surface area (Å²) in [5.41, 5.74) is 7.46. The number of benzene rings is 4. The van der Waals surface area contributed by atoms with Gasteiger partial charge in [0.2, 0.25) is 0 Å². The largest absolute Gasteiger partial charge is 0.490 e. The van der Waals surface area contributed by atoms with E-state index in [4.69, 9.17) is 76.6 Å². The molecule has 7 N–H and O–H groups in total. The number of pyridine rings is 2. The molecule has 0 spiro atoms. The van der Waals surface area contributed by atoms with Crippen LogP contribution in [-0.4, -0.2) is 93.4 Å². The molecule has 4 aromatic carbocycles. The number of aromatic nitrogens is 2. The molecule has 2 saturated carbocycles. The van der Waals surface area contributed by atoms with E-state index in [1.165, 1.54) is 30.3 Å². The van der Waals surface area contributed by atoms with E-state index in [0.717, 1.165) is 55.0 Å². The predicted octanol–water partition coefficient (Wildman–Crippen LogP) is 9.60. The third kappa shape index (κ3) is 17.9. The molecule has 4 atom stereocenters. The first-order valence-corrected chi connectivity index (χ1v) is 23.0. The van der Waals surface area contributed by atoms with Gasteiger partial charge < -0.3 is 41.4 Å². The first-order valence-electron chi connectivity index (χ1n) is 21.5. The molecule has 6 aromatic rings. The first kappa shape index (κ1) is 56.3. The SMILES string of the molecule is N[C@H]1CC[C@@H](NC(=O)COc2ccc(Cl)c(F)c2)C1.O=C(COc1ccc(Cl)c(F)c1)N[C@@H]1CC[C@H](NC(=O)c2ccc3cc(Cl)ccc3n2)C1.O=C(O)C(F)(F)F.O=C(O)c1ccc2cc(Cl)ccc2n1. The zero-order valence-electron chi connectivity index (χ0n) is 37.3. The number of aromatic carboxylic acids is 1. The number of alkyl halides is 3. The second kappa shape index (κ2) is 26.2. The Balaban J connectivity index is 0.000000203. The van der Waals surface area contributed by atoms with Crippen LogP contribution >= 0.6 is 46.4 Å². The van der Waals surface area contributed by atoms with Gasteiger partial charge >= 0.3 is 18.1 Å². The van der Waals surface area contributed by atoms with Crippen LogP contribution in [0.3, 0.4) is 0 Å². The van der Waals surface area contributed by atoms with Crippen molar-refractivity contribution >= 4 is 97.9 Å². The summed E-state index contributed by atoms with van der Waals surface area (Å²) in [4.78, 5) is 64.3. The smallest absolute Gasteiger partial charge is 0.484 e. The Morgan fingerprint density at radius 2 is 1.03 bits per heavy atom. The van der Waals surface area contributed by atoms with Crippen molar-refractivity contribution in [3.8, 4) is 11.5 Å². The number of carboxylic acids is 2. The Kier molecular flexibility index (Phi) is 20.5. The average molecular weight is 1080 g/mol. The standard InChI is InChI=1S/C23H20Cl2FN3O3.C13H16ClFN2O2.C10H6ClNO2.C2HF3O2/c24-14-2-8-20-13(9-14)1-7-21(29-20)23(31)28-16-4-3-15(10-16)27-22(30)12-32-17-5-6-18(25)19(26)11-17;14-11-4-3-10(6-12(11)15)19-7-13(18)17-9-2-1-8(16)5-9;11-7-2-4-8-6(5-7)1-3-9(12-8)10(13)14;3-2(4,5)1(6)7/h1-2,5-9,11,15-16H,3-4,10,12H2,(H,27,30)(H,28,31);3-4,6,8-9H,1-2,5,7,16H2,(H,17,18);1-5H,(H,13,14);(H,6,7)/t15-,16+;8-,9+;;/m10../s1. The highest BCUT2D eigenvalue weighted by Crippen LogP contribution is 2.24. The third-order valence-electron chi connectivity index (χ3n) is 10.5. The van der Waals surface area contributed by atoms with Crippen LogP contribution in [0.4, 0.5) is 22.0 Å². The molecule has 0 unspecified atom stereocenters. The number of carbonyl (C=O) groups is 5. The molecule has 2 fully saturated rings. The molecule has 0 aliphatic heterocycles. The van der Waals surface area contributed by atoms with Gasteiger partial charge in [-0.25, -0.2) is 28.3 Å². The van der Waals surface area contributed by atoms with E-state index in [-0.39, 0.29) is 82.3 Å². The summed E-state index contributed by atoms with van der Waals surface area (Å²) in [5.74, 6) is -5.25. The summed E-state index contributed by atoms with van der Waals surface area (Å²) in [5, 5.41) is 27.5. The quantitative estimate of drug-likeness (QED) is 0.0666. The zero-order valence-corrected chi connectivity index (χ0v) is 40.4. The molecule has 2 aliphatic rings. The lowest BCUT2D eigenvalue weighted by molar-refractivity contribution is -0.192. The highest BCUT2D eigenvalue weighted by Gasteiger charge is 2.38. The second-order valence-electron chi connectivity index (χ2n) is 16.0. The zero-order chi connectivity index (χ0) is 52.7. The fourth-order valence-corrected chi connectivity index (χ4v) is 7.65. The van der Waals surface area contributed by atoms with Gasteiger partial charge in [0, 0.05) is 57.1 Å². The highest BCUT2D eigenvalue weighted by atomic mass is 35.5. The molecule has 15 nitrogen and oxygen atoms in total. The Hall–Kier alpha value is -6.58. The number of amides is 3. The number of carbonyl (C=O) groups excluding carboxylic acids is 3. The Labute approximate surface area is 427 Å². The van der Waals surface area contributed by atoms with E-state index in [2.05, 4.69) is 25.9 Å². The van der Waals surface area contributed by atoms with E-state index in [1.54, 1.807) is 48.5 Å². The lowest BCUT2D eigenvalue weighted by atomic mass is 10.2. The fraction of sp³-hybridized carbons (Fsp3) is 0.271. The van der Waals surface area contributed by atoms with Crippen LogP contribution < -0.4 is 31.2 Å². The maximum absolute atomic E-state index is 13.4. The van der Waals surface area contributed by atoms with Gasteiger partial charge in [-0.05, 0) is 111 Å². The van der Waals surface area contributed by atoms with Gasteiger partial charge in [0.15, 0.2) is 13.2 Å². The maximum atomic E-state index is 13.4. The van der Waals surface area contributed by atoms with Gasteiger partial charge in [0.25, 0.3) is 17.7 Å². The van der Waals surface area contributed by atoms with Gasteiger partial charge in [-0.15, -0.1) is 0 Å². The van der Waals surface area contributed by atoms with Crippen LogP contribution in [0, 0.1) is 11.6 Å². The number of fused-ring (bicyclic) bond motifs is 2. The Morgan fingerprint density at radius 3 is 1.46 bits per heavy atom. The maximum Gasteiger partial charge on any atom is 0.490 e. The van der Waals surface area contributed by atoms with Gasteiger partial charge in [-0.2, -0.15) is 13.2 Å². The summed E-state index contributed by atoms with van der Waals surface area (Å²) >= 11 is 22.9. The third-order valence-corrected chi connectivity index (χ3v) is 11.6. The van der Waals surface area contributed by atoms with E-state index in [0.29, 0.717) is 33.2 Å². The van der Waals surface area contributed by atoms with E-state index in [1.807, 2.05) is 6.07 Å². The minimum absolute atomic E-state index is 0.0101. The molecule has 0 bridgehead atoms. The van der Waals surface area contributed by atoms with Crippen molar-refractivity contribution in [3.05, 3.63) is 140 Å². The predicted molar refractivity (Wildman–Crippen MR) is 259 cm³/mol. The van der Waals surface area contributed by atoms with Crippen molar-refractivity contribution in [2.24, 2.45) is 5.73 Å². The highest BCUT2D eigenvalue weighted by molar-refractivity contribution is 6.32. The molecule has 382 valence electrons. The monoisotopic (exact) mass is 1080 g/mol. The Morgan fingerprint density at radius 1 is 0.597 bits per heavy atom. The normalized spacial score (nSPS) is 16.9. The van der Waals surface area contributed by atoms with Crippen molar-refractivity contribution in [1.82, 2.24) is 25.9 Å². The number of rotatable bonds is 11. The number of aliphatic carboxylic acids is 1. The van der Waals surface area contributed by atoms with Gasteiger partial charge in [-0.3, -0.25) is 14.4 Å². The Bertz CT molecular complexity index is 2920. The van der Waals surface area contributed by atoms with Gasteiger partial charge in [0.1, 0.15) is 34.5 Å². The number of hydrogen-bond donors (Lipinski definition) is 6. The number of halogens is 9. The molecule has 2 aromatic heterocycles. The number of ether oxygens (including phenoxy) is 2. The van der Waals surface area contributed by atoms with Crippen molar-refractivity contribution in [1.29, 1.82) is 0 Å². The topological polar surface area (TPSA) is 232 Å². The van der Waals surface area contributed by atoms with Crippen LogP contribution in [0.2, 0.25) is 20.1 Å². The van der Waals surface area contributed by atoms with Crippen LogP contribution in [0.25, 0.3) is 21.8 Å². The average Bonchev–Trinajstić information content (AvgIpc) is 3.96. The number of nitrogens with one attached hydrogen (secondary N) is 3. The molecule has 3 amide bonds. The van der Waals surface area contributed by atoms with Crippen molar-refractivity contribution < 1.29 is 65.6 Å². The minimum atomic E-state index is -5.08. The van der Waals surface area contributed by atoms with Gasteiger partial charge in [0.05, 0.1) is 21.1 Å². The summed E-state index contributed by atoms with van der Waals surface area (Å²) in [6.07, 6.45) is -0.396. The fourth-order valence-electron chi connectivity index (χ4n) is 7.06. The molecule has 0 radical (unpaired) electrons.